The highest BCUT2D eigenvalue weighted by molar-refractivity contribution is 7.79. The molecule has 0 aliphatic heterocycles. The quantitative estimate of drug-likeness (QED) is 0.352. The molecule has 56 valence electrons. The smallest absolute Gasteiger partial charge is 0.338 e. The summed E-state index contributed by atoms with van der Waals surface area (Å²) in [7, 11) is 0. The minimum Gasteiger partial charge on any atom is -0.462 e. The first-order valence-corrected chi connectivity index (χ1v) is 3.50. The van der Waals surface area contributed by atoms with E-state index in [-0.39, 0.29) is 5.57 Å². The summed E-state index contributed by atoms with van der Waals surface area (Å²) in [6, 6.07) is 0. The zero-order valence-electron chi connectivity index (χ0n) is 5.92. The Kier molecular flexibility index (Phi) is 4.76. The van der Waals surface area contributed by atoms with Crippen molar-refractivity contribution in [3.05, 3.63) is 12.2 Å². The van der Waals surface area contributed by atoms with Gasteiger partial charge in [0.25, 0.3) is 0 Å². The molecule has 10 heavy (non-hydrogen) atoms. The molecule has 0 radical (unpaired) electrons. The Morgan fingerprint density at radius 2 is 2.40 bits per heavy atom. The van der Waals surface area contributed by atoms with E-state index in [2.05, 4.69) is 18.8 Å². The first-order chi connectivity index (χ1) is 4.72. The van der Waals surface area contributed by atoms with Gasteiger partial charge in [0.15, 0.2) is 0 Å². The summed E-state index contributed by atoms with van der Waals surface area (Å²) in [5, 5.41) is 1.22. The predicted octanol–water partition coefficient (Wildman–Crippen LogP) is 1.50. The van der Waals surface area contributed by atoms with E-state index in [9.17, 15) is 4.79 Å². The third-order valence-electron chi connectivity index (χ3n) is 0.842. The predicted molar refractivity (Wildman–Crippen MR) is 44.0 cm³/mol. The van der Waals surface area contributed by atoms with E-state index in [0.29, 0.717) is 6.61 Å². The largest absolute Gasteiger partial charge is 0.462 e. The maximum absolute atomic E-state index is 10.7. The van der Waals surface area contributed by atoms with Gasteiger partial charge in [-0.1, -0.05) is 25.7 Å². The standard InChI is InChI=1S/C7H10O2S/c1-3-4-9-7(8)6(2)5-10/h5H,2-4H2,1H3. The van der Waals surface area contributed by atoms with E-state index in [1.165, 1.54) is 5.37 Å². The molecule has 0 rings (SSSR count). The summed E-state index contributed by atoms with van der Waals surface area (Å²) in [5.41, 5.74) is 0.239. The molecular weight excluding hydrogens is 148 g/mol. The lowest BCUT2D eigenvalue weighted by molar-refractivity contribution is -0.138. The molecule has 0 atom stereocenters. The van der Waals surface area contributed by atoms with Gasteiger partial charge in [0, 0.05) is 5.37 Å². The fourth-order valence-electron chi connectivity index (χ4n) is 0.336. The van der Waals surface area contributed by atoms with E-state index in [4.69, 9.17) is 4.74 Å². The molecule has 0 bridgehead atoms. The minimum atomic E-state index is -0.420. The van der Waals surface area contributed by atoms with E-state index in [1.807, 2.05) is 6.92 Å². The number of ether oxygens (including phenoxy) is 1. The average Bonchev–Trinajstić information content (AvgIpc) is 1.98. The van der Waals surface area contributed by atoms with Gasteiger partial charge in [-0.2, -0.15) is 0 Å². The second-order valence-corrected chi connectivity index (χ2v) is 2.01. The molecule has 0 unspecified atom stereocenters. The normalized spacial score (nSPS) is 8.50. The van der Waals surface area contributed by atoms with Crippen molar-refractivity contribution in [3.8, 4) is 0 Å². The van der Waals surface area contributed by atoms with Crippen molar-refractivity contribution in [3.63, 3.8) is 0 Å². The van der Waals surface area contributed by atoms with E-state index >= 15 is 0 Å². The van der Waals surface area contributed by atoms with Gasteiger partial charge in [0.05, 0.1) is 12.2 Å². The van der Waals surface area contributed by atoms with Crippen LogP contribution in [0.25, 0.3) is 0 Å². The Hall–Kier alpha value is -0.700. The van der Waals surface area contributed by atoms with Gasteiger partial charge in [0.2, 0.25) is 0 Å². The lowest BCUT2D eigenvalue weighted by Crippen LogP contribution is -2.07. The van der Waals surface area contributed by atoms with Crippen LogP contribution < -0.4 is 0 Å². The maximum atomic E-state index is 10.7. The Bertz CT molecular complexity index is 152. The monoisotopic (exact) mass is 158 g/mol. The molecule has 0 amide bonds. The third kappa shape index (κ3) is 3.35. The molecule has 0 aliphatic carbocycles. The Morgan fingerprint density at radius 1 is 1.80 bits per heavy atom. The highest BCUT2D eigenvalue weighted by Gasteiger charge is 2.02. The number of rotatable bonds is 4. The van der Waals surface area contributed by atoms with Crippen LogP contribution in [-0.4, -0.2) is 17.9 Å². The number of hydrogen-bond donors (Lipinski definition) is 0. The second kappa shape index (κ2) is 5.11. The van der Waals surface area contributed by atoms with Gasteiger partial charge in [-0.3, -0.25) is 0 Å². The summed E-state index contributed by atoms with van der Waals surface area (Å²) in [6.45, 7) is 5.75. The number of thiocarbonyl (C=S) groups is 1. The lowest BCUT2D eigenvalue weighted by atomic mass is 10.4. The third-order valence-corrected chi connectivity index (χ3v) is 1.13. The van der Waals surface area contributed by atoms with Crippen LogP contribution in [0.15, 0.2) is 12.2 Å². The number of esters is 1. The lowest BCUT2D eigenvalue weighted by Gasteiger charge is -1.99. The minimum absolute atomic E-state index is 0.239. The summed E-state index contributed by atoms with van der Waals surface area (Å²) in [6.07, 6.45) is 0.816. The Morgan fingerprint density at radius 3 is 2.80 bits per heavy atom. The van der Waals surface area contributed by atoms with Crippen LogP contribution in [0.3, 0.4) is 0 Å². The van der Waals surface area contributed by atoms with Crippen LogP contribution in [0.5, 0.6) is 0 Å². The first kappa shape index (κ1) is 9.30. The molecule has 0 aliphatic rings. The number of hydrogen-bond acceptors (Lipinski definition) is 3. The van der Waals surface area contributed by atoms with Crippen molar-refractivity contribution in [2.45, 2.75) is 13.3 Å². The van der Waals surface area contributed by atoms with Crippen LogP contribution in [0, 0.1) is 0 Å². The van der Waals surface area contributed by atoms with Crippen LogP contribution in [0.4, 0.5) is 0 Å². The fourth-order valence-corrected chi connectivity index (χ4v) is 0.432. The van der Waals surface area contributed by atoms with Gasteiger partial charge in [-0.25, -0.2) is 4.79 Å². The van der Waals surface area contributed by atoms with Gasteiger partial charge in [-0.05, 0) is 6.42 Å². The summed E-state index contributed by atoms with van der Waals surface area (Å²) < 4.78 is 4.71. The molecule has 0 aromatic heterocycles. The molecule has 0 saturated heterocycles. The summed E-state index contributed by atoms with van der Waals surface area (Å²) in [5.74, 6) is -0.420. The van der Waals surface area contributed by atoms with Gasteiger partial charge in [-0.15, -0.1) is 0 Å². The fraction of sp³-hybridized carbons (Fsp3) is 0.429. The molecule has 0 saturated carbocycles. The van der Waals surface area contributed by atoms with Crippen molar-refractivity contribution in [1.29, 1.82) is 0 Å². The Balaban J connectivity index is 3.62. The molecule has 0 spiro atoms. The second-order valence-electron chi connectivity index (χ2n) is 1.78. The number of carbonyl (C=O) groups is 1. The molecule has 0 fully saturated rings. The summed E-state index contributed by atoms with van der Waals surface area (Å²) >= 11 is 4.48. The van der Waals surface area contributed by atoms with E-state index < -0.39 is 5.97 Å². The average molecular weight is 158 g/mol. The zero-order chi connectivity index (χ0) is 7.98. The van der Waals surface area contributed by atoms with Gasteiger partial charge in [0.1, 0.15) is 0 Å². The Labute approximate surface area is 65.9 Å². The molecule has 0 heterocycles. The molecule has 0 N–H and O–H groups in total. The van der Waals surface area contributed by atoms with Crippen molar-refractivity contribution in [2.24, 2.45) is 0 Å². The van der Waals surface area contributed by atoms with E-state index in [1.54, 1.807) is 0 Å². The molecular formula is C7H10O2S. The van der Waals surface area contributed by atoms with E-state index in [0.717, 1.165) is 6.42 Å². The number of carbonyl (C=O) groups excluding carboxylic acids is 1. The van der Waals surface area contributed by atoms with Crippen LogP contribution in [0.2, 0.25) is 0 Å². The molecule has 0 aromatic rings. The molecule has 0 aromatic carbocycles. The summed E-state index contributed by atoms with van der Waals surface area (Å²) in [4.78, 5) is 10.7. The first-order valence-electron chi connectivity index (χ1n) is 3.03. The van der Waals surface area contributed by atoms with Gasteiger partial charge < -0.3 is 4.74 Å². The molecule has 3 heteroatoms. The van der Waals surface area contributed by atoms with Crippen LogP contribution >= 0.6 is 12.2 Å². The highest BCUT2D eigenvalue weighted by Crippen LogP contribution is 1.91. The van der Waals surface area contributed by atoms with Crippen molar-refractivity contribution < 1.29 is 9.53 Å². The highest BCUT2D eigenvalue weighted by atomic mass is 32.1. The van der Waals surface area contributed by atoms with Crippen LogP contribution in [-0.2, 0) is 9.53 Å². The van der Waals surface area contributed by atoms with Gasteiger partial charge >= 0.3 is 5.97 Å². The van der Waals surface area contributed by atoms with Crippen molar-refractivity contribution in [2.75, 3.05) is 6.61 Å². The van der Waals surface area contributed by atoms with Crippen molar-refractivity contribution in [1.82, 2.24) is 0 Å². The van der Waals surface area contributed by atoms with Crippen LogP contribution in [0.1, 0.15) is 13.3 Å². The zero-order valence-corrected chi connectivity index (χ0v) is 6.74. The topological polar surface area (TPSA) is 26.3 Å². The molecule has 2 nitrogen and oxygen atoms in total. The van der Waals surface area contributed by atoms with Crippen molar-refractivity contribution >= 4 is 23.6 Å². The SMILES string of the molecule is C=C(C=S)C(=O)OCCC. The maximum Gasteiger partial charge on any atom is 0.338 e.